The van der Waals surface area contributed by atoms with Gasteiger partial charge in [0.05, 0.1) is 9.88 Å². The molecule has 2 N–H and O–H groups in total. The molecule has 0 aliphatic rings. The van der Waals surface area contributed by atoms with Gasteiger partial charge in [0, 0.05) is 13.5 Å². The molecular weight excluding hydrogens is 272 g/mol. The third kappa shape index (κ3) is 3.68. The predicted molar refractivity (Wildman–Crippen MR) is 81.0 cm³/mol. The zero-order chi connectivity index (χ0) is 14.5. The molecule has 2 rings (SSSR count). The number of amides is 2. The summed E-state index contributed by atoms with van der Waals surface area (Å²) in [6.07, 6.45) is 0. The van der Waals surface area contributed by atoms with Gasteiger partial charge in [0.2, 0.25) is 5.91 Å². The van der Waals surface area contributed by atoms with Crippen molar-refractivity contribution in [1.82, 2.24) is 5.32 Å². The summed E-state index contributed by atoms with van der Waals surface area (Å²) >= 11 is 1.26. The molecule has 2 aromatic rings. The van der Waals surface area contributed by atoms with Crippen LogP contribution < -0.4 is 10.6 Å². The Morgan fingerprint density at radius 2 is 1.90 bits per heavy atom. The Morgan fingerprint density at radius 1 is 1.15 bits per heavy atom. The third-order valence-electron chi connectivity index (χ3n) is 2.83. The van der Waals surface area contributed by atoms with Gasteiger partial charge in [0.1, 0.15) is 0 Å². The molecule has 0 bridgehead atoms. The Hall–Kier alpha value is -2.14. The van der Waals surface area contributed by atoms with Crippen LogP contribution in [0.2, 0.25) is 0 Å². The molecule has 4 nitrogen and oxygen atoms in total. The number of nitrogens with one attached hydrogen (secondary N) is 2. The first kappa shape index (κ1) is 14.3. The summed E-state index contributed by atoms with van der Waals surface area (Å²) in [4.78, 5) is 23.5. The quantitative estimate of drug-likeness (QED) is 0.908. The van der Waals surface area contributed by atoms with Crippen LogP contribution in [0.3, 0.4) is 0 Å². The highest BCUT2D eigenvalue weighted by Gasteiger charge is 2.10. The molecule has 5 heteroatoms. The third-order valence-corrected chi connectivity index (χ3v) is 3.83. The maximum absolute atomic E-state index is 12.0. The minimum Gasteiger partial charge on any atom is -0.347 e. The molecule has 0 aliphatic carbocycles. The highest BCUT2D eigenvalue weighted by Crippen LogP contribution is 2.21. The first-order valence-electron chi connectivity index (χ1n) is 6.26. The Labute approximate surface area is 121 Å². The van der Waals surface area contributed by atoms with E-state index in [9.17, 15) is 9.59 Å². The number of benzene rings is 1. The largest absolute Gasteiger partial charge is 0.347 e. The number of rotatable bonds is 4. The average molecular weight is 288 g/mol. The number of aryl methyl sites for hydroxylation is 1. The van der Waals surface area contributed by atoms with E-state index < -0.39 is 0 Å². The Balaban J connectivity index is 1.97. The maximum Gasteiger partial charge on any atom is 0.261 e. The summed E-state index contributed by atoms with van der Waals surface area (Å²) < 4.78 is 0. The minimum atomic E-state index is -0.140. The lowest BCUT2D eigenvalue weighted by Crippen LogP contribution is -2.22. The average Bonchev–Trinajstić information content (AvgIpc) is 2.85. The predicted octanol–water partition coefficient (Wildman–Crippen LogP) is 2.94. The van der Waals surface area contributed by atoms with Crippen LogP contribution in [0.1, 0.15) is 27.7 Å². The van der Waals surface area contributed by atoms with Gasteiger partial charge in [-0.05, 0) is 30.2 Å². The summed E-state index contributed by atoms with van der Waals surface area (Å²) in [7, 11) is 0. The van der Waals surface area contributed by atoms with E-state index in [0.29, 0.717) is 16.4 Å². The molecular formula is C15H16N2O2S. The van der Waals surface area contributed by atoms with Crippen LogP contribution in [0.15, 0.2) is 36.4 Å². The van der Waals surface area contributed by atoms with E-state index in [0.717, 1.165) is 11.1 Å². The van der Waals surface area contributed by atoms with Crippen LogP contribution in [0.5, 0.6) is 0 Å². The van der Waals surface area contributed by atoms with E-state index in [1.807, 2.05) is 31.2 Å². The van der Waals surface area contributed by atoms with Gasteiger partial charge in [-0.15, -0.1) is 11.3 Å². The fourth-order valence-electron chi connectivity index (χ4n) is 1.77. The molecule has 20 heavy (non-hydrogen) atoms. The molecule has 0 atom stereocenters. The van der Waals surface area contributed by atoms with E-state index in [2.05, 4.69) is 10.6 Å². The Kier molecular flexibility index (Phi) is 4.53. The summed E-state index contributed by atoms with van der Waals surface area (Å²) in [5.41, 5.74) is 2.25. The number of hydrogen-bond donors (Lipinski definition) is 2. The van der Waals surface area contributed by atoms with Crippen molar-refractivity contribution in [3.63, 3.8) is 0 Å². The lowest BCUT2D eigenvalue weighted by Gasteiger charge is -2.06. The second-order valence-electron chi connectivity index (χ2n) is 4.45. The SMILES string of the molecule is CC(=O)Nc1ccc(C(=O)NCc2ccccc2C)s1. The molecule has 2 amide bonds. The molecule has 1 heterocycles. The van der Waals surface area contributed by atoms with Crippen molar-refractivity contribution >= 4 is 28.2 Å². The van der Waals surface area contributed by atoms with Crippen molar-refractivity contribution in [1.29, 1.82) is 0 Å². The van der Waals surface area contributed by atoms with E-state index in [-0.39, 0.29) is 11.8 Å². The molecule has 0 radical (unpaired) electrons. The van der Waals surface area contributed by atoms with Crippen molar-refractivity contribution in [2.45, 2.75) is 20.4 Å². The van der Waals surface area contributed by atoms with Gasteiger partial charge in [0.25, 0.3) is 5.91 Å². The molecule has 0 saturated heterocycles. The van der Waals surface area contributed by atoms with E-state index in [1.54, 1.807) is 12.1 Å². The van der Waals surface area contributed by atoms with Crippen molar-refractivity contribution < 1.29 is 9.59 Å². The topological polar surface area (TPSA) is 58.2 Å². The van der Waals surface area contributed by atoms with Gasteiger partial charge in [-0.1, -0.05) is 24.3 Å². The van der Waals surface area contributed by atoms with Crippen LogP contribution >= 0.6 is 11.3 Å². The van der Waals surface area contributed by atoms with Crippen molar-refractivity contribution in [2.24, 2.45) is 0 Å². The number of hydrogen-bond acceptors (Lipinski definition) is 3. The summed E-state index contributed by atoms with van der Waals surface area (Å²) in [6.45, 7) is 3.96. The molecule has 0 unspecified atom stereocenters. The number of carbonyl (C=O) groups is 2. The highest BCUT2D eigenvalue weighted by atomic mass is 32.1. The van der Waals surface area contributed by atoms with Gasteiger partial charge in [0.15, 0.2) is 0 Å². The fourth-order valence-corrected chi connectivity index (χ4v) is 2.64. The van der Waals surface area contributed by atoms with E-state index >= 15 is 0 Å². The van der Waals surface area contributed by atoms with Crippen molar-refractivity contribution in [3.8, 4) is 0 Å². The van der Waals surface area contributed by atoms with Crippen molar-refractivity contribution in [3.05, 3.63) is 52.4 Å². The normalized spacial score (nSPS) is 10.1. The van der Waals surface area contributed by atoms with Crippen LogP contribution in [-0.4, -0.2) is 11.8 Å². The van der Waals surface area contributed by atoms with Gasteiger partial charge in [-0.2, -0.15) is 0 Å². The first-order chi connectivity index (χ1) is 9.56. The van der Waals surface area contributed by atoms with Gasteiger partial charge in [-0.25, -0.2) is 0 Å². The van der Waals surface area contributed by atoms with E-state index in [4.69, 9.17) is 0 Å². The fraction of sp³-hybridized carbons (Fsp3) is 0.200. The van der Waals surface area contributed by atoms with Crippen LogP contribution in [0.4, 0.5) is 5.00 Å². The zero-order valence-corrected chi connectivity index (χ0v) is 12.2. The summed E-state index contributed by atoms with van der Waals surface area (Å²) in [5, 5.41) is 6.22. The Bertz CT molecular complexity index is 634. The van der Waals surface area contributed by atoms with E-state index in [1.165, 1.54) is 18.3 Å². The van der Waals surface area contributed by atoms with Gasteiger partial charge < -0.3 is 10.6 Å². The summed E-state index contributed by atoms with van der Waals surface area (Å²) in [6, 6.07) is 11.4. The number of anilines is 1. The number of thiophene rings is 1. The smallest absolute Gasteiger partial charge is 0.261 e. The first-order valence-corrected chi connectivity index (χ1v) is 7.08. The van der Waals surface area contributed by atoms with Crippen molar-refractivity contribution in [2.75, 3.05) is 5.32 Å². The molecule has 0 aliphatic heterocycles. The van der Waals surface area contributed by atoms with Gasteiger partial charge >= 0.3 is 0 Å². The lowest BCUT2D eigenvalue weighted by molar-refractivity contribution is -0.114. The molecule has 1 aromatic heterocycles. The standard InChI is InChI=1S/C15H16N2O2S/c1-10-5-3-4-6-12(10)9-16-15(19)13-7-8-14(20-13)17-11(2)18/h3-8H,9H2,1-2H3,(H,16,19)(H,17,18). The second-order valence-corrected chi connectivity index (χ2v) is 5.54. The van der Waals surface area contributed by atoms with Gasteiger partial charge in [-0.3, -0.25) is 9.59 Å². The molecule has 0 saturated carbocycles. The second kappa shape index (κ2) is 6.34. The summed E-state index contributed by atoms with van der Waals surface area (Å²) in [5.74, 6) is -0.270. The zero-order valence-electron chi connectivity index (χ0n) is 11.4. The monoisotopic (exact) mass is 288 g/mol. The lowest BCUT2D eigenvalue weighted by atomic mass is 10.1. The number of carbonyl (C=O) groups excluding carboxylic acids is 2. The maximum atomic E-state index is 12.0. The van der Waals surface area contributed by atoms with Crippen LogP contribution in [0.25, 0.3) is 0 Å². The van der Waals surface area contributed by atoms with Crippen LogP contribution in [-0.2, 0) is 11.3 Å². The molecule has 1 aromatic carbocycles. The highest BCUT2D eigenvalue weighted by molar-refractivity contribution is 7.18. The molecule has 104 valence electrons. The van der Waals surface area contributed by atoms with Crippen LogP contribution in [0, 0.1) is 6.92 Å². The molecule has 0 fully saturated rings. The Morgan fingerprint density at radius 3 is 2.60 bits per heavy atom. The minimum absolute atomic E-state index is 0.130. The molecule has 0 spiro atoms.